The normalized spacial score (nSPS) is 10.9. The molecule has 5 nitrogen and oxygen atoms in total. The third-order valence-corrected chi connectivity index (χ3v) is 4.18. The largest absolute Gasteiger partial charge is 0.339 e. The van der Waals surface area contributed by atoms with Gasteiger partial charge >= 0.3 is 0 Å². The molecule has 0 radical (unpaired) electrons. The zero-order chi connectivity index (χ0) is 16.4. The van der Waals surface area contributed by atoms with E-state index in [0.717, 1.165) is 28.2 Å². The molecule has 0 amide bonds. The lowest BCUT2D eigenvalue weighted by molar-refractivity contribution is 0.878. The molecule has 0 aliphatic rings. The minimum absolute atomic E-state index is 0.707. The number of nitrogens with zero attached hydrogens (tertiary/aromatic N) is 4. The Morgan fingerprint density at radius 1 is 0.917 bits per heavy atom. The predicted molar refractivity (Wildman–Crippen MR) is 98.2 cm³/mol. The standard InChI is InChI=1S/C18H15N5S/c1-24-18-21-16(20-13-8-4-2-5-9-13)15-12-19-23(17(15)22-18)14-10-6-3-7-11-14/h2-12H,1H3,(H,20,21,22). The molecule has 2 aromatic heterocycles. The molecule has 4 rings (SSSR count). The summed E-state index contributed by atoms with van der Waals surface area (Å²) >= 11 is 1.51. The molecule has 0 unspecified atom stereocenters. The Morgan fingerprint density at radius 2 is 1.62 bits per heavy atom. The fourth-order valence-electron chi connectivity index (χ4n) is 2.49. The second-order valence-corrected chi connectivity index (χ2v) is 5.95. The molecular weight excluding hydrogens is 318 g/mol. The summed E-state index contributed by atoms with van der Waals surface area (Å²) in [5, 5.41) is 9.47. The lowest BCUT2D eigenvalue weighted by Gasteiger charge is -2.09. The van der Waals surface area contributed by atoms with E-state index in [-0.39, 0.29) is 0 Å². The number of thioether (sulfide) groups is 1. The van der Waals surface area contributed by atoms with Crippen LogP contribution in [0.1, 0.15) is 0 Å². The minimum atomic E-state index is 0.707. The van der Waals surface area contributed by atoms with Gasteiger partial charge in [0.15, 0.2) is 10.8 Å². The van der Waals surface area contributed by atoms with Crippen molar-refractivity contribution in [1.82, 2.24) is 19.7 Å². The second-order valence-electron chi connectivity index (χ2n) is 5.18. The summed E-state index contributed by atoms with van der Waals surface area (Å²) in [5.41, 5.74) is 2.75. The quantitative estimate of drug-likeness (QED) is 0.446. The van der Waals surface area contributed by atoms with Crippen molar-refractivity contribution in [3.63, 3.8) is 0 Å². The summed E-state index contributed by atoms with van der Waals surface area (Å²) in [7, 11) is 0. The van der Waals surface area contributed by atoms with Gasteiger partial charge in [-0.25, -0.2) is 14.6 Å². The van der Waals surface area contributed by atoms with Gasteiger partial charge in [0.2, 0.25) is 0 Å². The van der Waals surface area contributed by atoms with Crippen LogP contribution < -0.4 is 5.32 Å². The van der Waals surface area contributed by atoms with Crippen molar-refractivity contribution in [2.45, 2.75) is 5.16 Å². The first-order valence-electron chi connectivity index (χ1n) is 7.52. The van der Waals surface area contributed by atoms with Gasteiger partial charge in [0.05, 0.1) is 17.3 Å². The van der Waals surface area contributed by atoms with Crippen LogP contribution in [0.15, 0.2) is 72.0 Å². The van der Waals surface area contributed by atoms with Crippen molar-refractivity contribution in [2.75, 3.05) is 11.6 Å². The number of aromatic nitrogens is 4. The van der Waals surface area contributed by atoms with Crippen molar-refractivity contribution in [3.05, 3.63) is 66.9 Å². The van der Waals surface area contributed by atoms with E-state index in [0.29, 0.717) is 5.16 Å². The lowest BCUT2D eigenvalue weighted by Crippen LogP contribution is -2.01. The van der Waals surface area contributed by atoms with E-state index in [1.54, 1.807) is 6.20 Å². The molecule has 1 N–H and O–H groups in total. The number of hydrogen-bond donors (Lipinski definition) is 1. The number of anilines is 2. The number of rotatable bonds is 4. The van der Waals surface area contributed by atoms with Crippen LogP contribution in [0.25, 0.3) is 16.7 Å². The first kappa shape index (κ1) is 14.7. The molecule has 0 bridgehead atoms. The Morgan fingerprint density at radius 3 is 2.33 bits per heavy atom. The summed E-state index contributed by atoms with van der Waals surface area (Å²) in [6, 6.07) is 20.0. The summed E-state index contributed by atoms with van der Waals surface area (Å²) in [6.07, 6.45) is 3.77. The molecule has 0 aliphatic heterocycles. The molecule has 2 aromatic carbocycles. The number of benzene rings is 2. The maximum absolute atomic E-state index is 4.64. The highest BCUT2D eigenvalue weighted by Crippen LogP contribution is 2.27. The Labute approximate surface area is 143 Å². The minimum Gasteiger partial charge on any atom is -0.339 e. The van der Waals surface area contributed by atoms with Gasteiger partial charge in [0, 0.05) is 5.69 Å². The first-order valence-corrected chi connectivity index (χ1v) is 8.75. The van der Waals surface area contributed by atoms with Gasteiger partial charge in [-0.1, -0.05) is 48.2 Å². The molecule has 4 aromatic rings. The summed E-state index contributed by atoms with van der Waals surface area (Å²) < 4.78 is 1.84. The van der Waals surface area contributed by atoms with Gasteiger partial charge in [-0.05, 0) is 30.5 Å². The first-order chi connectivity index (χ1) is 11.8. The van der Waals surface area contributed by atoms with E-state index >= 15 is 0 Å². The Kier molecular flexibility index (Phi) is 3.88. The van der Waals surface area contributed by atoms with E-state index in [4.69, 9.17) is 0 Å². The van der Waals surface area contributed by atoms with Crippen molar-refractivity contribution in [1.29, 1.82) is 0 Å². The van der Waals surface area contributed by atoms with Crippen LogP contribution in [0.4, 0.5) is 11.5 Å². The Bertz CT molecular complexity index is 967. The molecule has 0 spiro atoms. The highest BCUT2D eigenvalue weighted by atomic mass is 32.2. The zero-order valence-electron chi connectivity index (χ0n) is 13.0. The van der Waals surface area contributed by atoms with Crippen LogP contribution in [0.2, 0.25) is 0 Å². The van der Waals surface area contributed by atoms with Crippen LogP contribution in [-0.4, -0.2) is 26.0 Å². The van der Waals surface area contributed by atoms with Crippen molar-refractivity contribution >= 4 is 34.3 Å². The maximum atomic E-state index is 4.64. The van der Waals surface area contributed by atoms with E-state index < -0.39 is 0 Å². The fourth-order valence-corrected chi connectivity index (χ4v) is 2.85. The smallest absolute Gasteiger partial charge is 0.191 e. The van der Waals surface area contributed by atoms with E-state index in [1.807, 2.05) is 71.6 Å². The van der Waals surface area contributed by atoms with Crippen LogP contribution in [0.3, 0.4) is 0 Å². The highest BCUT2D eigenvalue weighted by Gasteiger charge is 2.14. The average molecular weight is 333 g/mol. The third-order valence-electron chi connectivity index (χ3n) is 3.63. The van der Waals surface area contributed by atoms with Gasteiger partial charge < -0.3 is 5.32 Å². The van der Waals surface area contributed by atoms with Gasteiger partial charge in [0.1, 0.15) is 5.82 Å². The summed E-state index contributed by atoms with van der Waals surface area (Å²) in [6.45, 7) is 0. The van der Waals surface area contributed by atoms with E-state index in [1.165, 1.54) is 11.8 Å². The van der Waals surface area contributed by atoms with E-state index in [9.17, 15) is 0 Å². The van der Waals surface area contributed by atoms with Crippen LogP contribution in [0, 0.1) is 0 Å². The van der Waals surface area contributed by atoms with Crippen LogP contribution in [0.5, 0.6) is 0 Å². The SMILES string of the molecule is CSc1nc(Nc2ccccc2)c2cnn(-c3ccccc3)c2n1. The third kappa shape index (κ3) is 2.72. The maximum Gasteiger partial charge on any atom is 0.191 e. The average Bonchev–Trinajstić information content (AvgIpc) is 3.07. The van der Waals surface area contributed by atoms with Gasteiger partial charge in [-0.2, -0.15) is 5.10 Å². The van der Waals surface area contributed by atoms with Gasteiger partial charge in [-0.15, -0.1) is 0 Å². The zero-order valence-corrected chi connectivity index (χ0v) is 13.9. The van der Waals surface area contributed by atoms with Gasteiger partial charge in [0.25, 0.3) is 0 Å². The van der Waals surface area contributed by atoms with Crippen molar-refractivity contribution < 1.29 is 0 Å². The van der Waals surface area contributed by atoms with Crippen molar-refractivity contribution in [3.8, 4) is 5.69 Å². The summed E-state index contributed by atoms with van der Waals surface area (Å²) in [4.78, 5) is 9.25. The molecule has 0 saturated carbocycles. The number of hydrogen-bond acceptors (Lipinski definition) is 5. The Hall–Kier alpha value is -2.86. The molecule has 2 heterocycles. The molecule has 0 aliphatic carbocycles. The van der Waals surface area contributed by atoms with Crippen LogP contribution >= 0.6 is 11.8 Å². The fraction of sp³-hybridized carbons (Fsp3) is 0.0556. The molecule has 0 saturated heterocycles. The Balaban J connectivity index is 1.87. The second kappa shape index (κ2) is 6.33. The predicted octanol–water partition coefficient (Wildman–Crippen LogP) is 4.28. The van der Waals surface area contributed by atoms with E-state index in [2.05, 4.69) is 20.4 Å². The lowest BCUT2D eigenvalue weighted by atomic mass is 10.3. The molecule has 6 heteroatoms. The van der Waals surface area contributed by atoms with Crippen LogP contribution in [-0.2, 0) is 0 Å². The molecule has 24 heavy (non-hydrogen) atoms. The summed E-state index contributed by atoms with van der Waals surface area (Å²) in [5.74, 6) is 0.762. The van der Waals surface area contributed by atoms with Gasteiger partial charge in [-0.3, -0.25) is 0 Å². The molecular formula is C18H15N5S. The van der Waals surface area contributed by atoms with Crippen molar-refractivity contribution in [2.24, 2.45) is 0 Å². The monoisotopic (exact) mass is 333 g/mol. The molecule has 118 valence electrons. The topological polar surface area (TPSA) is 55.6 Å². The molecule has 0 atom stereocenters. The number of nitrogens with one attached hydrogen (secondary N) is 1. The molecule has 0 fully saturated rings. The number of para-hydroxylation sites is 2. The highest BCUT2D eigenvalue weighted by molar-refractivity contribution is 7.98. The number of fused-ring (bicyclic) bond motifs is 1.